The quantitative estimate of drug-likeness (QED) is 0.665. The van der Waals surface area contributed by atoms with Crippen molar-refractivity contribution in [1.82, 2.24) is 0 Å². The van der Waals surface area contributed by atoms with E-state index in [-0.39, 0.29) is 0 Å². The van der Waals surface area contributed by atoms with Crippen molar-refractivity contribution in [3.63, 3.8) is 0 Å². The molecule has 0 nitrogen and oxygen atoms in total. The van der Waals surface area contributed by atoms with Crippen molar-refractivity contribution in [3.05, 3.63) is 70.8 Å². The van der Waals surface area contributed by atoms with Crippen molar-refractivity contribution < 1.29 is 0 Å². The maximum Gasteiger partial charge on any atom is -0.00925 e. The smallest absolute Gasteiger partial charge is 0.00925 e. The van der Waals surface area contributed by atoms with E-state index >= 15 is 0 Å². The fraction of sp³-hybridized carbons (Fsp3) is 0.333. The third-order valence-electron chi connectivity index (χ3n) is 4.38. The van der Waals surface area contributed by atoms with Crippen LogP contribution in [0.5, 0.6) is 0 Å². The van der Waals surface area contributed by atoms with Gasteiger partial charge in [0.2, 0.25) is 0 Å². The number of hydrogen-bond acceptors (Lipinski definition) is 0. The van der Waals surface area contributed by atoms with E-state index < -0.39 is 0 Å². The van der Waals surface area contributed by atoms with Gasteiger partial charge in [0.1, 0.15) is 0 Å². The summed E-state index contributed by atoms with van der Waals surface area (Å²) in [4.78, 5) is 0. The molecule has 0 aromatic heterocycles. The van der Waals surface area contributed by atoms with Crippen LogP contribution in [0.15, 0.2) is 48.5 Å². The van der Waals surface area contributed by atoms with Crippen LogP contribution in [0.25, 0.3) is 0 Å². The molecule has 0 radical (unpaired) electrons. The molecule has 3 rings (SSSR count). The molecule has 0 heterocycles. The number of benzene rings is 2. The lowest BCUT2D eigenvalue weighted by molar-refractivity contribution is 0.502. The lowest BCUT2D eigenvalue weighted by Crippen LogP contribution is -2.16. The molecule has 92 valence electrons. The first-order chi connectivity index (χ1) is 8.75. The maximum absolute atomic E-state index is 2.38. The first-order valence-electron chi connectivity index (χ1n) is 6.90. The van der Waals surface area contributed by atoms with Gasteiger partial charge in [-0.3, -0.25) is 0 Å². The van der Waals surface area contributed by atoms with Crippen molar-refractivity contribution in [2.45, 2.75) is 38.5 Å². The first-order valence-corrected chi connectivity index (χ1v) is 6.90. The number of fused-ring (bicyclic) bond motifs is 1. The molecule has 0 fully saturated rings. The Morgan fingerprint density at radius 3 is 2.44 bits per heavy atom. The molecule has 0 spiro atoms. The molecule has 0 saturated carbocycles. The van der Waals surface area contributed by atoms with Gasteiger partial charge < -0.3 is 0 Å². The fourth-order valence-electron chi connectivity index (χ4n) is 3.25. The first kappa shape index (κ1) is 11.5. The van der Waals surface area contributed by atoms with Gasteiger partial charge in [-0.05, 0) is 48.3 Å². The number of aryl methyl sites for hydroxylation is 2. The molecule has 18 heavy (non-hydrogen) atoms. The third kappa shape index (κ3) is 1.96. The molecule has 0 bridgehead atoms. The van der Waals surface area contributed by atoms with Gasteiger partial charge in [0.15, 0.2) is 0 Å². The lowest BCUT2D eigenvalue weighted by atomic mass is 9.73. The summed E-state index contributed by atoms with van der Waals surface area (Å²) in [7, 11) is 0. The van der Waals surface area contributed by atoms with E-state index in [9.17, 15) is 0 Å². The summed E-state index contributed by atoms with van der Waals surface area (Å²) in [6, 6.07) is 18.0. The Bertz CT molecular complexity index is 536. The minimum atomic E-state index is 0.637. The van der Waals surface area contributed by atoms with Crippen LogP contribution in [0.3, 0.4) is 0 Å². The summed E-state index contributed by atoms with van der Waals surface area (Å²) in [6.07, 6.45) is 2.50. The Morgan fingerprint density at radius 2 is 1.67 bits per heavy atom. The predicted octanol–water partition coefficient (Wildman–Crippen LogP) is 4.83. The number of hydrogen-bond donors (Lipinski definition) is 0. The Balaban J connectivity index is 1.95. The van der Waals surface area contributed by atoms with Gasteiger partial charge in [-0.1, -0.05) is 61.0 Å². The van der Waals surface area contributed by atoms with Crippen LogP contribution < -0.4 is 0 Å². The fourth-order valence-corrected chi connectivity index (χ4v) is 3.25. The van der Waals surface area contributed by atoms with Gasteiger partial charge in [0, 0.05) is 0 Å². The van der Waals surface area contributed by atoms with E-state index in [2.05, 4.69) is 62.4 Å². The van der Waals surface area contributed by atoms with Crippen LogP contribution in [-0.2, 0) is 6.42 Å². The van der Waals surface area contributed by atoms with Crippen LogP contribution in [0, 0.1) is 6.92 Å². The molecule has 2 aromatic rings. The average molecular weight is 236 g/mol. The summed E-state index contributed by atoms with van der Waals surface area (Å²) < 4.78 is 0. The molecule has 0 N–H and O–H groups in total. The highest BCUT2D eigenvalue weighted by atomic mass is 14.3. The summed E-state index contributed by atoms with van der Waals surface area (Å²) >= 11 is 0. The van der Waals surface area contributed by atoms with Crippen LogP contribution in [-0.4, -0.2) is 0 Å². The molecule has 2 unspecified atom stereocenters. The lowest BCUT2D eigenvalue weighted by Gasteiger charge is -2.31. The zero-order valence-electron chi connectivity index (χ0n) is 11.2. The summed E-state index contributed by atoms with van der Waals surface area (Å²) in [5.41, 5.74) is 5.95. The van der Waals surface area contributed by atoms with Gasteiger partial charge in [0.05, 0.1) is 0 Å². The molecule has 0 heteroatoms. The van der Waals surface area contributed by atoms with Crippen molar-refractivity contribution in [2.75, 3.05) is 0 Å². The van der Waals surface area contributed by atoms with E-state index in [1.165, 1.54) is 24.0 Å². The molecule has 0 saturated heterocycles. The van der Waals surface area contributed by atoms with Crippen molar-refractivity contribution in [1.29, 1.82) is 0 Å². The molecule has 1 aliphatic rings. The molecule has 2 atom stereocenters. The van der Waals surface area contributed by atoms with Gasteiger partial charge in [0.25, 0.3) is 0 Å². The standard InChI is InChI=1S/C18H20/c1-13-7-9-16(10-8-13)18-12-11-15-5-3-4-6-17(15)14(18)2/h3-10,14,18H,11-12H2,1-2H3. The van der Waals surface area contributed by atoms with Crippen LogP contribution in [0.1, 0.15) is 47.4 Å². The van der Waals surface area contributed by atoms with E-state index in [1.807, 2.05) is 0 Å². The third-order valence-corrected chi connectivity index (χ3v) is 4.38. The van der Waals surface area contributed by atoms with Gasteiger partial charge in [-0.15, -0.1) is 0 Å². The zero-order valence-corrected chi connectivity index (χ0v) is 11.2. The minimum absolute atomic E-state index is 0.637. The molecular formula is C18H20. The van der Waals surface area contributed by atoms with Crippen LogP contribution in [0.2, 0.25) is 0 Å². The van der Waals surface area contributed by atoms with E-state index in [0.717, 1.165) is 0 Å². The highest BCUT2D eigenvalue weighted by Gasteiger charge is 2.26. The van der Waals surface area contributed by atoms with Gasteiger partial charge >= 0.3 is 0 Å². The molecular weight excluding hydrogens is 216 g/mol. The van der Waals surface area contributed by atoms with Crippen molar-refractivity contribution in [3.8, 4) is 0 Å². The second-order valence-corrected chi connectivity index (χ2v) is 5.54. The Morgan fingerprint density at radius 1 is 0.944 bits per heavy atom. The minimum Gasteiger partial charge on any atom is -0.0620 e. The van der Waals surface area contributed by atoms with E-state index in [0.29, 0.717) is 11.8 Å². The Labute approximate surface area is 110 Å². The largest absolute Gasteiger partial charge is 0.0620 e. The normalized spacial score (nSPS) is 22.6. The maximum atomic E-state index is 2.38. The van der Waals surface area contributed by atoms with Crippen LogP contribution >= 0.6 is 0 Å². The van der Waals surface area contributed by atoms with E-state index in [4.69, 9.17) is 0 Å². The second kappa shape index (κ2) is 4.61. The molecule has 2 aromatic carbocycles. The summed E-state index contributed by atoms with van der Waals surface area (Å²) in [5, 5.41) is 0. The van der Waals surface area contributed by atoms with E-state index in [1.54, 1.807) is 11.1 Å². The zero-order chi connectivity index (χ0) is 12.5. The van der Waals surface area contributed by atoms with Gasteiger partial charge in [-0.25, -0.2) is 0 Å². The van der Waals surface area contributed by atoms with Crippen molar-refractivity contribution >= 4 is 0 Å². The van der Waals surface area contributed by atoms with Gasteiger partial charge in [-0.2, -0.15) is 0 Å². The molecule has 0 aliphatic heterocycles. The Hall–Kier alpha value is -1.56. The summed E-state index contributed by atoms with van der Waals surface area (Å²) in [5.74, 6) is 1.32. The second-order valence-electron chi connectivity index (χ2n) is 5.54. The van der Waals surface area contributed by atoms with Crippen molar-refractivity contribution in [2.24, 2.45) is 0 Å². The highest BCUT2D eigenvalue weighted by Crippen LogP contribution is 2.41. The monoisotopic (exact) mass is 236 g/mol. The predicted molar refractivity (Wildman–Crippen MR) is 77.1 cm³/mol. The average Bonchev–Trinajstić information content (AvgIpc) is 2.41. The number of rotatable bonds is 1. The topological polar surface area (TPSA) is 0 Å². The molecule has 0 amide bonds. The Kier molecular flexibility index (Phi) is 2.95. The molecule has 1 aliphatic carbocycles. The summed E-state index contributed by atoms with van der Waals surface area (Å²) in [6.45, 7) is 4.53. The highest BCUT2D eigenvalue weighted by molar-refractivity contribution is 5.37. The van der Waals surface area contributed by atoms with Crippen LogP contribution in [0.4, 0.5) is 0 Å². The SMILES string of the molecule is Cc1ccc(C2CCc3ccccc3C2C)cc1.